The highest BCUT2D eigenvalue weighted by Crippen LogP contribution is 2.39. The van der Waals surface area contributed by atoms with Crippen LogP contribution in [0, 0.1) is 24.2 Å². The van der Waals surface area contributed by atoms with Crippen LogP contribution in [0.25, 0.3) is 0 Å². The quantitative estimate of drug-likeness (QED) is 0.764. The molecule has 0 amide bonds. The smallest absolute Gasteiger partial charge is 0.152 e. The summed E-state index contributed by atoms with van der Waals surface area (Å²) in [5.41, 5.74) is 2.58. The van der Waals surface area contributed by atoms with Gasteiger partial charge in [-0.2, -0.15) is 0 Å². The van der Waals surface area contributed by atoms with E-state index in [1.165, 1.54) is 25.7 Å². The van der Waals surface area contributed by atoms with Crippen molar-refractivity contribution in [3.63, 3.8) is 0 Å². The summed E-state index contributed by atoms with van der Waals surface area (Å²) in [6.45, 7) is 10.2. The van der Waals surface area contributed by atoms with Crippen molar-refractivity contribution in [2.24, 2.45) is 17.3 Å². The van der Waals surface area contributed by atoms with E-state index in [0.717, 1.165) is 29.6 Å². The number of anilines is 1. The average Bonchev–Trinajstić information content (AvgIpc) is 2.39. The zero-order chi connectivity index (χ0) is 14.8. The molecule has 20 heavy (non-hydrogen) atoms. The Hall–Kier alpha value is -0.760. The standard InChI is InChI=1S/C17H27ClN2/c1-12-9-15(16(18)20-10-12)19-11-13-5-7-14(8-6-13)17(2,3)4/h9-10,13-14,19H,5-8,11H2,1-4H3. The molecule has 0 saturated heterocycles. The van der Waals surface area contributed by atoms with Crippen molar-refractivity contribution in [1.29, 1.82) is 0 Å². The van der Waals surface area contributed by atoms with Gasteiger partial charge in [-0.15, -0.1) is 0 Å². The SMILES string of the molecule is Cc1cnc(Cl)c(NCC2CCC(C(C)(C)C)CC2)c1. The van der Waals surface area contributed by atoms with E-state index in [4.69, 9.17) is 11.6 Å². The molecular weight excluding hydrogens is 268 g/mol. The van der Waals surface area contributed by atoms with Gasteiger partial charge in [-0.1, -0.05) is 32.4 Å². The van der Waals surface area contributed by atoms with Gasteiger partial charge in [-0.05, 0) is 61.5 Å². The van der Waals surface area contributed by atoms with Crippen LogP contribution in [-0.4, -0.2) is 11.5 Å². The molecule has 0 bridgehead atoms. The van der Waals surface area contributed by atoms with Crippen LogP contribution in [0.4, 0.5) is 5.69 Å². The lowest BCUT2D eigenvalue weighted by Gasteiger charge is -2.37. The van der Waals surface area contributed by atoms with Crippen molar-refractivity contribution in [2.75, 3.05) is 11.9 Å². The first kappa shape index (κ1) is 15.6. The lowest BCUT2D eigenvalue weighted by molar-refractivity contribution is 0.153. The summed E-state index contributed by atoms with van der Waals surface area (Å²) < 4.78 is 0. The first-order valence-corrected chi connectivity index (χ1v) is 8.10. The predicted octanol–water partition coefficient (Wildman–Crippen LogP) is 5.31. The molecule has 0 unspecified atom stereocenters. The fourth-order valence-electron chi connectivity index (χ4n) is 3.16. The number of aryl methyl sites for hydroxylation is 1. The molecule has 0 radical (unpaired) electrons. The summed E-state index contributed by atoms with van der Waals surface area (Å²) in [5, 5.41) is 4.06. The Labute approximate surface area is 128 Å². The summed E-state index contributed by atoms with van der Waals surface area (Å²) in [5.74, 6) is 1.65. The lowest BCUT2D eigenvalue weighted by Crippen LogP contribution is -2.28. The molecule has 0 aliphatic heterocycles. The van der Waals surface area contributed by atoms with Gasteiger partial charge in [0.2, 0.25) is 0 Å². The van der Waals surface area contributed by atoms with E-state index in [-0.39, 0.29) is 0 Å². The Morgan fingerprint density at radius 3 is 2.50 bits per heavy atom. The maximum absolute atomic E-state index is 6.12. The van der Waals surface area contributed by atoms with Gasteiger partial charge in [0.25, 0.3) is 0 Å². The molecule has 1 aliphatic carbocycles. The molecule has 0 aromatic carbocycles. The molecule has 1 aromatic heterocycles. The molecule has 112 valence electrons. The number of halogens is 1. The Morgan fingerprint density at radius 2 is 1.90 bits per heavy atom. The number of hydrogen-bond donors (Lipinski definition) is 1. The first-order valence-electron chi connectivity index (χ1n) is 7.72. The van der Waals surface area contributed by atoms with Crippen molar-refractivity contribution < 1.29 is 0 Å². The molecule has 0 spiro atoms. The minimum Gasteiger partial charge on any atom is -0.382 e. The summed E-state index contributed by atoms with van der Waals surface area (Å²) in [6.07, 6.45) is 7.17. The molecule has 1 N–H and O–H groups in total. The Balaban J connectivity index is 1.83. The highest BCUT2D eigenvalue weighted by atomic mass is 35.5. The van der Waals surface area contributed by atoms with Crippen LogP contribution in [-0.2, 0) is 0 Å². The summed E-state index contributed by atoms with van der Waals surface area (Å²) in [7, 11) is 0. The molecule has 0 atom stereocenters. The second-order valence-corrected chi connectivity index (χ2v) is 7.67. The van der Waals surface area contributed by atoms with Crippen LogP contribution in [0.3, 0.4) is 0 Å². The van der Waals surface area contributed by atoms with Crippen molar-refractivity contribution in [1.82, 2.24) is 4.98 Å². The summed E-state index contributed by atoms with van der Waals surface area (Å²) >= 11 is 6.12. The highest BCUT2D eigenvalue weighted by molar-refractivity contribution is 6.31. The van der Waals surface area contributed by atoms with Crippen molar-refractivity contribution in [3.8, 4) is 0 Å². The monoisotopic (exact) mass is 294 g/mol. The number of nitrogens with one attached hydrogen (secondary N) is 1. The molecule has 1 fully saturated rings. The molecular formula is C17H27ClN2. The van der Waals surface area contributed by atoms with E-state index < -0.39 is 0 Å². The van der Waals surface area contributed by atoms with Gasteiger partial charge in [-0.3, -0.25) is 0 Å². The number of aromatic nitrogens is 1. The molecule has 2 nitrogen and oxygen atoms in total. The Bertz CT molecular complexity index is 443. The molecule has 1 aliphatic rings. The first-order chi connectivity index (χ1) is 9.36. The van der Waals surface area contributed by atoms with Crippen LogP contribution in [0.1, 0.15) is 52.0 Å². The number of nitrogens with zero attached hydrogens (tertiary/aromatic N) is 1. The van der Waals surface area contributed by atoms with Crippen LogP contribution in [0.5, 0.6) is 0 Å². The minimum absolute atomic E-state index is 0.460. The fraction of sp³-hybridized carbons (Fsp3) is 0.706. The summed E-state index contributed by atoms with van der Waals surface area (Å²) in [6, 6.07) is 2.08. The second-order valence-electron chi connectivity index (χ2n) is 7.32. The third-order valence-corrected chi connectivity index (χ3v) is 4.93. The normalized spacial score (nSPS) is 23.6. The molecule has 2 rings (SSSR count). The third kappa shape index (κ3) is 4.12. The van der Waals surface area contributed by atoms with Crippen LogP contribution < -0.4 is 5.32 Å². The van der Waals surface area contributed by atoms with E-state index in [9.17, 15) is 0 Å². The van der Waals surface area contributed by atoms with Crippen molar-refractivity contribution >= 4 is 17.3 Å². The lowest BCUT2D eigenvalue weighted by atomic mass is 9.70. The largest absolute Gasteiger partial charge is 0.382 e. The summed E-state index contributed by atoms with van der Waals surface area (Å²) in [4.78, 5) is 4.19. The molecule has 3 heteroatoms. The van der Waals surface area contributed by atoms with E-state index in [1.54, 1.807) is 0 Å². The van der Waals surface area contributed by atoms with Gasteiger partial charge in [0, 0.05) is 12.7 Å². The fourth-order valence-corrected chi connectivity index (χ4v) is 3.33. The van der Waals surface area contributed by atoms with E-state index >= 15 is 0 Å². The van der Waals surface area contributed by atoms with Gasteiger partial charge in [0.1, 0.15) is 0 Å². The molecule has 1 saturated carbocycles. The Kier molecular flexibility index (Phi) is 4.95. The maximum atomic E-state index is 6.12. The predicted molar refractivity (Wildman–Crippen MR) is 87.4 cm³/mol. The van der Waals surface area contributed by atoms with Crippen molar-refractivity contribution in [3.05, 3.63) is 23.0 Å². The zero-order valence-electron chi connectivity index (χ0n) is 13.2. The second kappa shape index (κ2) is 6.34. The third-order valence-electron chi connectivity index (χ3n) is 4.63. The van der Waals surface area contributed by atoms with Crippen molar-refractivity contribution in [2.45, 2.75) is 53.4 Å². The van der Waals surface area contributed by atoms with Gasteiger partial charge >= 0.3 is 0 Å². The number of pyridine rings is 1. The van der Waals surface area contributed by atoms with Crippen LogP contribution in [0.2, 0.25) is 5.15 Å². The minimum atomic E-state index is 0.460. The Morgan fingerprint density at radius 1 is 1.25 bits per heavy atom. The number of rotatable bonds is 3. The number of hydrogen-bond acceptors (Lipinski definition) is 2. The average molecular weight is 295 g/mol. The van der Waals surface area contributed by atoms with Crippen LogP contribution in [0.15, 0.2) is 12.3 Å². The topological polar surface area (TPSA) is 24.9 Å². The maximum Gasteiger partial charge on any atom is 0.152 e. The van der Waals surface area contributed by atoms with Gasteiger partial charge in [-0.25, -0.2) is 4.98 Å². The van der Waals surface area contributed by atoms with Gasteiger partial charge in [0.05, 0.1) is 5.69 Å². The zero-order valence-corrected chi connectivity index (χ0v) is 13.9. The molecule has 1 aromatic rings. The van der Waals surface area contributed by atoms with Crippen LogP contribution >= 0.6 is 11.6 Å². The van der Waals surface area contributed by atoms with Gasteiger partial charge in [0.15, 0.2) is 5.15 Å². The highest BCUT2D eigenvalue weighted by Gasteiger charge is 2.29. The molecule has 1 heterocycles. The van der Waals surface area contributed by atoms with E-state index in [0.29, 0.717) is 10.6 Å². The van der Waals surface area contributed by atoms with E-state index in [2.05, 4.69) is 37.1 Å². The van der Waals surface area contributed by atoms with E-state index in [1.807, 2.05) is 13.1 Å². The van der Waals surface area contributed by atoms with Gasteiger partial charge < -0.3 is 5.32 Å².